The smallest absolute Gasteiger partial charge is 0.297 e. The highest BCUT2D eigenvalue weighted by Crippen LogP contribution is 2.02. The molecule has 0 aromatic carbocycles. The van der Waals surface area contributed by atoms with E-state index in [1.165, 1.54) is 0 Å². The first-order valence-corrected chi connectivity index (χ1v) is 7.64. The van der Waals surface area contributed by atoms with E-state index in [9.17, 15) is 8.42 Å². The van der Waals surface area contributed by atoms with E-state index in [-0.39, 0.29) is 6.04 Å². The molecule has 0 radical (unpaired) electrons. The maximum atomic E-state index is 10.7. The summed E-state index contributed by atoms with van der Waals surface area (Å²) in [5.41, 5.74) is 0. The third-order valence-electron chi connectivity index (χ3n) is 2.35. The van der Waals surface area contributed by atoms with Crippen LogP contribution in [0.4, 0.5) is 0 Å². The Morgan fingerprint density at radius 3 is 2.27 bits per heavy atom. The van der Waals surface area contributed by atoms with E-state index in [0.717, 1.165) is 32.5 Å². The zero-order valence-electron chi connectivity index (χ0n) is 9.66. The van der Waals surface area contributed by atoms with E-state index in [1.54, 1.807) is 0 Å². The molecule has 0 saturated carbocycles. The molecular weight excluding hydrogens is 236 g/mol. The molecule has 0 amide bonds. The van der Waals surface area contributed by atoms with Crippen LogP contribution in [-0.4, -0.2) is 39.0 Å². The third kappa shape index (κ3) is 9.11. The van der Waals surface area contributed by atoms with Crippen LogP contribution in [0, 0.1) is 0 Å². The SMILES string of the molecule is CCN(CC)CCCC(C)NS(=O)(=O)Cl. The largest absolute Gasteiger partial charge is 0.304 e. The van der Waals surface area contributed by atoms with Gasteiger partial charge in [-0.15, -0.1) is 0 Å². The molecular formula is C9H21ClN2O2S. The summed E-state index contributed by atoms with van der Waals surface area (Å²) >= 11 is 0. The molecule has 15 heavy (non-hydrogen) atoms. The summed E-state index contributed by atoms with van der Waals surface area (Å²) in [6.07, 6.45) is 1.78. The second-order valence-electron chi connectivity index (χ2n) is 3.63. The lowest BCUT2D eigenvalue weighted by molar-refractivity contribution is 0.293. The minimum absolute atomic E-state index is 0.0944. The van der Waals surface area contributed by atoms with Crippen LogP contribution in [0.2, 0.25) is 0 Å². The number of halogens is 1. The fourth-order valence-corrected chi connectivity index (χ4v) is 2.51. The van der Waals surface area contributed by atoms with Gasteiger partial charge in [-0.1, -0.05) is 13.8 Å². The van der Waals surface area contributed by atoms with Crippen molar-refractivity contribution < 1.29 is 8.42 Å². The van der Waals surface area contributed by atoms with Crippen molar-refractivity contribution in [3.8, 4) is 0 Å². The maximum Gasteiger partial charge on any atom is 0.297 e. The number of nitrogens with zero attached hydrogens (tertiary/aromatic N) is 1. The Hall–Kier alpha value is 0.160. The van der Waals surface area contributed by atoms with E-state index in [1.807, 2.05) is 6.92 Å². The van der Waals surface area contributed by atoms with E-state index in [0.29, 0.717) is 0 Å². The van der Waals surface area contributed by atoms with Crippen molar-refractivity contribution >= 4 is 19.9 Å². The summed E-state index contributed by atoms with van der Waals surface area (Å²) in [5, 5.41) is 0. The van der Waals surface area contributed by atoms with Gasteiger partial charge in [-0.25, -0.2) is 0 Å². The lowest BCUT2D eigenvalue weighted by atomic mass is 10.2. The van der Waals surface area contributed by atoms with Crippen LogP contribution in [0.1, 0.15) is 33.6 Å². The van der Waals surface area contributed by atoms with Gasteiger partial charge < -0.3 is 4.90 Å². The maximum absolute atomic E-state index is 10.7. The molecule has 0 spiro atoms. The monoisotopic (exact) mass is 256 g/mol. The topological polar surface area (TPSA) is 49.4 Å². The Bertz CT molecular complexity index is 253. The molecule has 0 bridgehead atoms. The van der Waals surface area contributed by atoms with Gasteiger partial charge in [0, 0.05) is 16.7 Å². The number of hydrogen-bond donors (Lipinski definition) is 1. The molecule has 0 aliphatic carbocycles. The average molecular weight is 257 g/mol. The second-order valence-corrected chi connectivity index (χ2v) is 5.96. The molecule has 0 fully saturated rings. The van der Waals surface area contributed by atoms with Gasteiger partial charge in [-0.05, 0) is 39.4 Å². The van der Waals surface area contributed by atoms with Crippen molar-refractivity contribution in [3.05, 3.63) is 0 Å². The summed E-state index contributed by atoms with van der Waals surface area (Å²) < 4.78 is 23.7. The molecule has 92 valence electrons. The first-order valence-electron chi connectivity index (χ1n) is 5.33. The van der Waals surface area contributed by atoms with E-state index < -0.39 is 9.24 Å². The van der Waals surface area contributed by atoms with Crippen LogP contribution in [0.15, 0.2) is 0 Å². The first kappa shape index (κ1) is 15.2. The Balaban J connectivity index is 3.68. The summed E-state index contributed by atoms with van der Waals surface area (Å²) in [7, 11) is 1.50. The molecule has 0 saturated heterocycles. The average Bonchev–Trinajstić information content (AvgIpc) is 2.09. The predicted octanol–water partition coefficient (Wildman–Crippen LogP) is 1.57. The van der Waals surface area contributed by atoms with Gasteiger partial charge >= 0.3 is 0 Å². The van der Waals surface area contributed by atoms with Crippen molar-refractivity contribution in [3.63, 3.8) is 0 Å². The minimum atomic E-state index is -3.58. The number of rotatable bonds is 8. The Morgan fingerprint density at radius 1 is 1.33 bits per heavy atom. The van der Waals surface area contributed by atoms with Gasteiger partial charge in [-0.2, -0.15) is 13.1 Å². The normalized spacial score (nSPS) is 14.5. The standard InChI is InChI=1S/C9H21ClN2O2S/c1-4-12(5-2)8-6-7-9(3)11-15(10,13)14/h9,11H,4-8H2,1-3H3. The Morgan fingerprint density at radius 2 is 1.87 bits per heavy atom. The fourth-order valence-electron chi connectivity index (χ4n) is 1.46. The summed E-state index contributed by atoms with van der Waals surface area (Å²) in [5.74, 6) is 0. The molecule has 0 rings (SSSR count). The highest BCUT2D eigenvalue weighted by atomic mass is 35.7. The molecule has 0 aliphatic heterocycles. The van der Waals surface area contributed by atoms with Crippen LogP contribution in [0.3, 0.4) is 0 Å². The lowest BCUT2D eigenvalue weighted by Crippen LogP contribution is -2.30. The minimum Gasteiger partial charge on any atom is -0.304 e. The zero-order valence-corrected chi connectivity index (χ0v) is 11.2. The number of nitrogens with one attached hydrogen (secondary N) is 1. The van der Waals surface area contributed by atoms with Crippen molar-refractivity contribution in [1.29, 1.82) is 0 Å². The van der Waals surface area contributed by atoms with Crippen LogP contribution < -0.4 is 4.72 Å². The van der Waals surface area contributed by atoms with Crippen molar-refractivity contribution in [2.45, 2.75) is 39.7 Å². The summed E-state index contributed by atoms with van der Waals surface area (Å²) in [6, 6.07) is -0.0944. The molecule has 1 atom stereocenters. The quantitative estimate of drug-likeness (QED) is 0.671. The second kappa shape index (κ2) is 7.44. The zero-order chi connectivity index (χ0) is 11.9. The fraction of sp³-hybridized carbons (Fsp3) is 1.00. The van der Waals surface area contributed by atoms with Gasteiger partial charge in [0.25, 0.3) is 9.24 Å². The third-order valence-corrected chi connectivity index (χ3v) is 3.30. The number of hydrogen-bond acceptors (Lipinski definition) is 3. The molecule has 4 nitrogen and oxygen atoms in total. The van der Waals surface area contributed by atoms with Gasteiger partial charge in [-0.3, -0.25) is 0 Å². The van der Waals surface area contributed by atoms with Crippen LogP contribution in [0.5, 0.6) is 0 Å². The van der Waals surface area contributed by atoms with Gasteiger partial charge in [0.15, 0.2) is 0 Å². The van der Waals surface area contributed by atoms with E-state index >= 15 is 0 Å². The van der Waals surface area contributed by atoms with Crippen LogP contribution >= 0.6 is 10.7 Å². The lowest BCUT2D eigenvalue weighted by Gasteiger charge is -2.19. The van der Waals surface area contributed by atoms with Crippen molar-refractivity contribution in [1.82, 2.24) is 9.62 Å². The van der Waals surface area contributed by atoms with Crippen molar-refractivity contribution in [2.24, 2.45) is 0 Å². The van der Waals surface area contributed by atoms with E-state index in [2.05, 4.69) is 23.5 Å². The predicted molar refractivity (Wildman–Crippen MR) is 64.4 cm³/mol. The molecule has 6 heteroatoms. The Kier molecular flexibility index (Phi) is 7.52. The van der Waals surface area contributed by atoms with Gasteiger partial charge in [0.2, 0.25) is 0 Å². The molecule has 0 aliphatic rings. The van der Waals surface area contributed by atoms with E-state index in [4.69, 9.17) is 10.7 Å². The molecule has 0 heterocycles. The summed E-state index contributed by atoms with van der Waals surface area (Å²) in [6.45, 7) is 9.13. The molecule has 1 N–H and O–H groups in total. The van der Waals surface area contributed by atoms with Crippen LogP contribution in [-0.2, 0) is 9.24 Å². The Labute approximate surface area is 97.5 Å². The highest BCUT2D eigenvalue weighted by molar-refractivity contribution is 8.12. The highest BCUT2D eigenvalue weighted by Gasteiger charge is 2.10. The van der Waals surface area contributed by atoms with Crippen molar-refractivity contribution in [2.75, 3.05) is 19.6 Å². The molecule has 1 unspecified atom stereocenters. The van der Waals surface area contributed by atoms with Gasteiger partial charge in [0.05, 0.1) is 0 Å². The van der Waals surface area contributed by atoms with Crippen LogP contribution in [0.25, 0.3) is 0 Å². The first-order chi connectivity index (χ1) is 6.89. The summed E-state index contributed by atoms with van der Waals surface area (Å²) in [4.78, 5) is 2.31. The van der Waals surface area contributed by atoms with Gasteiger partial charge in [0.1, 0.15) is 0 Å². The molecule has 0 aromatic heterocycles. The molecule has 0 aromatic rings.